The molecule has 0 aliphatic heterocycles. The normalized spacial score (nSPS) is 13.3. The maximum atomic E-state index is 14.9. The van der Waals surface area contributed by atoms with Gasteiger partial charge < -0.3 is 0 Å². The molecule has 190 valence electrons. The Bertz CT molecular complexity index is 1280. The zero-order valence-electron chi connectivity index (χ0n) is 17.6. The number of alkyl halides is 6. The predicted molar refractivity (Wildman–Crippen MR) is 119 cm³/mol. The van der Waals surface area contributed by atoms with Crippen LogP contribution in [0, 0.1) is 0 Å². The summed E-state index contributed by atoms with van der Waals surface area (Å²) in [7, 11) is 0. The summed E-state index contributed by atoms with van der Waals surface area (Å²) in [6.07, 6.45) is -7.42. The van der Waals surface area contributed by atoms with Crippen LogP contribution in [0.3, 0.4) is 0 Å². The molecule has 5 nitrogen and oxygen atoms in total. The van der Waals surface area contributed by atoms with Gasteiger partial charge in [0, 0.05) is 18.0 Å². The minimum atomic E-state index is -5.14. The van der Waals surface area contributed by atoms with Crippen LogP contribution in [-0.4, -0.2) is 22.1 Å². The Morgan fingerprint density at radius 2 is 1.61 bits per heavy atom. The minimum absolute atomic E-state index is 0.0391. The molecular formula is C22H13Cl2F7N4O. The monoisotopic (exact) mass is 552 g/mol. The van der Waals surface area contributed by atoms with Crippen LogP contribution in [0.2, 0.25) is 10.0 Å². The fraction of sp³-hybridized carbons (Fsp3) is 0.136. The molecule has 0 aliphatic rings. The average Bonchev–Trinajstić information content (AvgIpc) is 2.81. The number of nitrogens with zero attached hydrogens (tertiary/aromatic N) is 2. The summed E-state index contributed by atoms with van der Waals surface area (Å²) in [6.45, 7) is 0. The van der Waals surface area contributed by atoms with Crippen LogP contribution in [0.15, 0.2) is 60.9 Å². The van der Waals surface area contributed by atoms with E-state index in [1.807, 2.05) is 5.43 Å². The van der Waals surface area contributed by atoms with Gasteiger partial charge in [0.1, 0.15) is 11.7 Å². The quantitative estimate of drug-likeness (QED) is 0.250. The largest absolute Gasteiger partial charge is 0.417 e. The number of carbonyl (C=O) groups is 1. The van der Waals surface area contributed by atoms with Gasteiger partial charge in [-0.15, -0.1) is 0 Å². The number of aromatic nitrogens is 2. The Labute approximate surface area is 208 Å². The summed E-state index contributed by atoms with van der Waals surface area (Å²) in [4.78, 5) is 19.7. The second-order valence-corrected chi connectivity index (χ2v) is 7.93. The third-order valence-electron chi connectivity index (χ3n) is 4.67. The molecule has 0 fully saturated rings. The highest BCUT2D eigenvalue weighted by Gasteiger charge is 2.40. The second-order valence-electron chi connectivity index (χ2n) is 7.12. The topological polar surface area (TPSA) is 66.9 Å². The summed E-state index contributed by atoms with van der Waals surface area (Å²) in [5.41, 5.74) is 0.378. The molecule has 0 saturated carbocycles. The zero-order chi connectivity index (χ0) is 26.7. The van der Waals surface area contributed by atoms with Gasteiger partial charge in [0.05, 0.1) is 21.2 Å². The number of rotatable bonds is 6. The SMILES string of the molecule is O=C(NNc1ncccn1)c1ccc(/C(F)=C/C(c2ccc(Cl)c(Cl)c2)C(F)(F)F)cc1C(F)(F)F. The van der Waals surface area contributed by atoms with Crippen molar-refractivity contribution in [3.05, 3.63) is 93.2 Å². The van der Waals surface area contributed by atoms with Crippen molar-refractivity contribution in [2.45, 2.75) is 18.3 Å². The Morgan fingerprint density at radius 1 is 0.944 bits per heavy atom. The molecule has 2 N–H and O–H groups in total. The zero-order valence-corrected chi connectivity index (χ0v) is 19.1. The van der Waals surface area contributed by atoms with Crippen molar-refractivity contribution in [3.63, 3.8) is 0 Å². The van der Waals surface area contributed by atoms with Crippen molar-refractivity contribution in [2.24, 2.45) is 0 Å². The van der Waals surface area contributed by atoms with E-state index in [0.717, 1.165) is 24.3 Å². The number of hydrogen-bond donors (Lipinski definition) is 2. The molecule has 0 spiro atoms. The lowest BCUT2D eigenvalue weighted by molar-refractivity contribution is -0.140. The van der Waals surface area contributed by atoms with Crippen LogP contribution < -0.4 is 10.9 Å². The van der Waals surface area contributed by atoms with E-state index in [2.05, 4.69) is 15.4 Å². The molecule has 0 bridgehead atoms. The van der Waals surface area contributed by atoms with E-state index in [-0.39, 0.29) is 28.1 Å². The average molecular weight is 553 g/mol. The van der Waals surface area contributed by atoms with E-state index >= 15 is 0 Å². The summed E-state index contributed by atoms with van der Waals surface area (Å²) >= 11 is 11.5. The lowest BCUT2D eigenvalue weighted by atomic mass is 9.95. The molecule has 1 heterocycles. The smallest absolute Gasteiger partial charge is 0.267 e. The maximum Gasteiger partial charge on any atom is 0.417 e. The molecule has 1 unspecified atom stereocenters. The molecule has 2 aromatic carbocycles. The summed E-state index contributed by atoms with van der Waals surface area (Å²) in [5.74, 6) is -5.53. The fourth-order valence-electron chi connectivity index (χ4n) is 3.00. The molecule has 0 saturated heterocycles. The Balaban J connectivity index is 1.96. The number of halogens is 9. The number of nitrogens with one attached hydrogen (secondary N) is 2. The molecule has 1 amide bonds. The van der Waals surface area contributed by atoms with Gasteiger partial charge in [-0.1, -0.05) is 35.3 Å². The Morgan fingerprint density at radius 3 is 2.19 bits per heavy atom. The van der Waals surface area contributed by atoms with E-state index in [1.54, 1.807) is 0 Å². The first-order chi connectivity index (χ1) is 16.8. The number of benzene rings is 2. The maximum absolute atomic E-state index is 14.9. The highest BCUT2D eigenvalue weighted by atomic mass is 35.5. The number of amides is 1. The van der Waals surface area contributed by atoms with Crippen molar-refractivity contribution in [2.75, 3.05) is 5.43 Å². The predicted octanol–water partition coefficient (Wildman–Crippen LogP) is 7.22. The fourth-order valence-corrected chi connectivity index (χ4v) is 3.30. The Kier molecular flexibility index (Phi) is 8.09. The lowest BCUT2D eigenvalue weighted by Crippen LogP contribution is -2.32. The third-order valence-corrected chi connectivity index (χ3v) is 5.41. The van der Waals surface area contributed by atoms with E-state index in [9.17, 15) is 35.5 Å². The van der Waals surface area contributed by atoms with Gasteiger partial charge in [-0.3, -0.25) is 15.6 Å². The first kappa shape index (κ1) is 27.2. The molecule has 1 atom stereocenters. The minimum Gasteiger partial charge on any atom is -0.267 e. The van der Waals surface area contributed by atoms with Gasteiger partial charge in [-0.25, -0.2) is 14.4 Å². The molecule has 1 aromatic heterocycles. The molecular weight excluding hydrogens is 540 g/mol. The lowest BCUT2D eigenvalue weighted by Gasteiger charge is -2.19. The van der Waals surface area contributed by atoms with Gasteiger partial charge >= 0.3 is 12.4 Å². The van der Waals surface area contributed by atoms with Crippen LogP contribution in [0.5, 0.6) is 0 Å². The molecule has 14 heteroatoms. The van der Waals surface area contributed by atoms with Gasteiger partial charge in [0.15, 0.2) is 0 Å². The standard InChI is InChI=1S/C22H13Cl2F7N4O/c23-16-5-3-11(9-17(16)24)14(21(26,27)28)10-18(25)12-2-4-13(15(8-12)22(29,30)31)19(36)34-35-20-32-6-1-7-33-20/h1-10,14H,(H,34,36)(H,32,33,35)/b18-10-. The highest BCUT2D eigenvalue weighted by Crippen LogP contribution is 2.41. The van der Waals surface area contributed by atoms with Crippen molar-refractivity contribution >= 4 is 40.9 Å². The van der Waals surface area contributed by atoms with Crippen molar-refractivity contribution < 1.29 is 35.5 Å². The van der Waals surface area contributed by atoms with Gasteiger partial charge in [-0.05, 0) is 42.0 Å². The number of hydrogen-bond acceptors (Lipinski definition) is 4. The first-order valence-electron chi connectivity index (χ1n) is 9.71. The molecule has 0 aliphatic carbocycles. The molecule has 3 rings (SSSR count). The van der Waals surface area contributed by atoms with Crippen molar-refractivity contribution in [1.29, 1.82) is 0 Å². The second kappa shape index (κ2) is 10.7. The van der Waals surface area contributed by atoms with E-state index in [0.29, 0.717) is 6.07 Å². The van der Waals surface area contributed by atoms with E-state index in [1.165, 1.54) is 18.5 Å². The van der Waals surface area contributed by atoms with Crippen LogP contribution in [0.4, 0.5) is 36.7 Å². The van der Waals surface area contributed by atoms with Crippen molar-refractivity contribution in [1.82, 2.24) is 15.4 Å². The highest BCUT2D eigenvalue weighted by molar-refractivity contribution is 6.42. The summed E-state index contributed by atoms with van der Waals surface area (Å²) in [5, 5.41) is -0.260. The first-order valence-corrected chi connectivity index (χ1v) is 10.5. The van der Waals surface area contributed by atoms with E-state index < -0.39 is 52.3 Å². The number of carbonyl (C=O) groups excluding carboxylic acids is 1. The number of allylic oxidation sites excluding steroid dienone is 1. The van der Waals surface area contributed by atoms with Crippen LogP contribution in [0.1, 0.15) is 33.0 Å². The van der Waals surface area contributed by atoms with Gasteiger partial charge in [0.25, 0.3) is 5.91 Å². The number of anilines is 1. The molecule has 36 heavy (non-hydrogen) atoms. The van der Waals surface area contributed by atoms with Crippen molar-refractivity contribution in [3.8, 4) is 0 Å². The van der Waals surface area contributed by atoms with Gasteiger partial charge in [0.2, 0.25) is 5.95 Å². The summed E-state index contributed by atoms with van der Waals surface area (Å²) in [6, 6.07) is 6.00. The third kappa shape index (κ3) is 6.64. The Hall–Kier alpha value is -3.38. The molecule has 3 aromatic rings. The summed E-state index contributed by atoms with van der Waals surface area (Å²) < 4.78 is 96.7. The number of hydrazine groups is 1. The van der Waals surface area contributed by atoms with E-state index in [4.69, 9.17) is 23.2 Å². The molecule has 0 radical (unpaired) electrons. The van der Waals surface area contributed by atoms with Crippen LogP contribution in [-0.2, 0) is 6.18 Å². The van der Waals surface area contributed by atoms with Gasteiger partial charge in [-0.2, -0.15) is 26.3 Å². The van der Waals surface area contributed by atoms with Crippen LogP contribution >= 0.6 is 23.2 Å². The van der Waals surface area contributed by atoms with Crippen LogP contribution in [0.25, 0.3) is 5.83 Å².